The second kappa shape index (κ2) is 7.96. The molecule has 1 N–H and O–H groups in total. The summed E-state index contributed by atoms with van der Waals surface area (Å²) < 4.78 is 2.26. The van der Waals surface area contributed by atoms with Crippen molar-refractivity contribution in [3.05, 3.63) is 46.0 Å². The zero-order chi connectivity index (χ0) is 18.7. The fourth-order valence-electron chi connectivity index (χ4n) is 2.33. The van der Waals surface area contributed by atoms with Gasteiger partial charge in [-0.2, -0.15) is 0 Å². The molecule has 7 nitrogen and oxygen atoms in total. The van der Waals surface area contributed by atoms with Crippen LogP contribution in [0.3, 0.4) is 0 Å². The maximum Gasteiger partial charge on any atom is 0.258 e. The first-order valence-corrected chi connectivity index (χ1v) is 9.96. The zero-order valence-electron chi connectivity index (χ0n) is 14.7. The topological polar surface area (TPSA) is 89.2 Å². The maximum absolute atomic E-state index is 12.2. The molecule has 0 aliphatic carbocycles. The van der Waals surface area contributed by atoms with Crippen LogP contribution in [0.25, 0.3) is 5.65 Å². The van der Waals surface area contributed by atoms with E-state index in [1.54, 1.807) is 6.20 Å². The molecule has 0 spiro atoms. The van der Waals surface area contributed by atoms with E-state index in [4.69, 9.17) is 0 Å². The summed E-state index contributed by atoms with van der Waals surface area (Å²) >= 11 is 2.75. The summed E-state index contributed by atoms with van der Waals surface area (Å²) in [6.07, 6.45) is 2.23. The standard InChI is InChI=1S/C17H19N5O2S2/c1-10(2)6-14(23)19-16-20-21-17(26-16)25-9-12-7-15(24)22-8-11(3)4-5-13(22)18-12/h4-5,7-8,10H,6,9H2,1-3H3,(H,19,20,23). The van der Waals surface area contributed by atoms with Crippen LogP contribution in [0, 0.1) is 12.8 Å². The van der Waals surface area contributed by atoms with Crippen LogP contribution >= 0.6 is 23.1 Å². The number of anilines is 1. The van der Waals surface area contributed by atoms with Gasteiger partial charge in [-0.1, -0.05) is 43.0 Å². The number of hydrogen-bond donors (Lipinski definition) is 1. The average Bonchev–Trinajstić information content (AvgIpc) is 3.00. The third kappa shape index (κ3) is 4.67. The Labute approximate surface area is 158 Å². The average molecular weight is 390 g/mol. The lowest BCUT2D eigenvalue weighted by molar-refractivity contribution is -0.116. The van der Waals surface area contributed by atoms with E-state index in [1.165, 1.54) is 33.6 Å². The number of aryl methyl sites for hydroxylation is 1. The van der Waals surface area contributed by atoms with Crippen molar-refractivity contribution in [1.29, 1.82) is 0 Å². The first-order valence-electron chi connectivity index (χ1n) is 8.16. The Morgan fingerprint density at radius 1 is 1.35 bits per heavy atom. The first-order chi connectivity index (χ1) is 12.4. The number of carbonyl (C=O) groups excluding carboxylic acids is 1. The number of aromatic nitrogens is 4. The van der Waals surface area contributed by atoms with Gasteiger partial charge in [0.2, 0.25) is 11.0 Å². The van der Waals surface area contributed by atoms with Crippen molar-refractivity contribution in [2.45, 2.75) is 37.3 Å². The highest BCUT2D eigenvalue weighted by atomic mass is 32.2. The molecule has 3 aromatic heterocycles. The Morgan fingerprint density at radius 2 is 2.15 bits per heavy atom. The molecule has 0 unspecified atom stereocenters. The van der Waals surface area contributed by atoms with Crippen LogP contribution in [0.15, 0.2) is 33.5 Å². The third-order valence-electron chi connectivity index (χ3n) is 3.45. The van der Waals surface area contributed by atoms with E-state index in [0.29, 0.717) is 34.6 Å². The first kappa shape index (κ1) is 18.5. The smallest absolute Gasteiger partial charge is 0.258 e. The van der Waals surface area contributed by atoms with Crippen molar-refractivity contribution in [3.63, 3.8) is 0 Å². The number of pyridine rings is 1. The van der Waals surface area contributed by atoms with Crippen LogP contribution in [0.1, 0.15) is 31.5 Å². The van der Waals surface area contributed by atoms with Crippen LogP contribution < -0.4 is 10.9 Å². The van der Waals surface area contributed by atoms with E-state index in [1.807, 2.05) is 32.9 Å². The molecule has 136 valence electrons. The molecular weight excluding hydrogens is 370 g/mol. The Morgan fingerprint density at radius 3 is 2.92 bits per heavy atom. The van der Waals surface area contributed by atoms with Gasteiger partial charge < -0.3 is 5.32 Å². The van der Waals surface area contributed by atoms with E-state index >= 15 is 0 Å². The van der Waals surface area contributed by atoms with Crippen LogP contribution in [-0.2, 0) is 10.5 Å². The molecule has 0 radical (unpaired) electrons. The van der Waals surface area contributed by atoms with Gasteiger partial charge in [0.15, 0.2) is 4.34 Å². The molecule has 3 rings (SSSR count). The number of rotatable bonds is 6. The highest BCUT2D eigenvalue weighted by Gasteiger charge is 2.11. The monoisotopic (exact) mass is 389 g/mol. The summed E-state index contributed by atoms with van der Waals surface area (Å²) in [5.74, 6) is 0.736. The molecule has 1 amide bonds. The van der Waals surface area contributed by atoms with Crippen LogP contribution in [-0.4, -0.2) is 25.5 Å². The van der Waals surface area contributed by atoms with Gasteiger partial charge in [-0.15, -0.1) is 10.2 Å². The van der Waals surface area contributed by atoms with Crippen molar-refractivity contribution in [3.8, 4) is 0 Å². The number of nitrogens with zero attached hydrogens (tertiary/aromatic N) is 4. The number of amides is 1. The molecular formula is C17H19N5O2S2. The molecule has 3 aromatic rings. The van der Waals surface area contributed by atoms with E-state index in [-0.39, 0.29) is 11.5 Å². The van der Waals surface area contributed by atoms with E-state index < -0.39 is 0 Å². The summed E-state index contributed by atoms with van der Waals surface area (Å²) in [6.45, 7) is 5.91. The van der Waals surface area contributed by atoms with Crippen molar-refractivity contribution >= 4 is 39.8 Å². The second-order valence-corrected chi connectivity index (χ2v) is 8.53. The Hall–Kier alpha value is -2.26. The van der Waals surface area contributed by atoms with Gasteiger partial charge in [0.1, 0.15) is 5.65 Å². The predicted molar refractivity (Wildman–Crippen MR) is 104 cm³/mol. The number of thioether (sulfide) groups is 1. The van der Waals surface area contributed by atoms with Gasteiger partial charge in [0.05, 0.1) is 5.69 Å². The number of carbonyl (C=O) groups is 1. The van der Waals surface area contributed by atoms with Gasteiger partial charge in [-0.3, -0.25) is 14.0 Å². The molecule has 3 heterocycles. The quantitative estimate of drug-likeness (QED) is 0.515. The number of fused-ring (bicyclic) bond motifs is 1. The fraction of sp³-hybridized carbons (Fsp3) is 0.353. The normalized spacial score (nSPS) is 11.2. The molecule has 0 bridgehead atoms. The molecule has 0 aromatic carbocycles. The molecule has 0 aliphatic heterocycles. The van der Waals surface area contributed by atoms with E-state index in [0.717, 1.165) is 9.90 Å². The van der Waals surface area contributed by atoms with Crippen molar-refractivity contribution in [2.75, 3.05) is 5.32 Å². The van der Waals surface area contributed by atoms with Gasteiger partial charge in [0.25, 0.3) is 5.56 Å². The van der Waals surface area contributed by atoms with Gasteiger partial charge in [-0.25, -0.2) is 4.98 Å². The summed E-state index contributed by atoms with van der Waals surface area (Å²) in [7, 11) is 0. The van der Waals surface area contributed by atoms with Crippen LogP contribution in [0.5, 0.6) is 0 Å². The summed E-state index contributed by atoms with van der Waals surface area (Å²) in [5, 5.41) is 11.3. The van der Waals surface area contributed by atoms with Crippen LogP contribution in [0.2, 0.25) is 0 Å². The summed E-state index contributed by atoms with van der Waals surface area (Å²) in [4.78, 5) is 28.5. The molecule has 0 aliphatic rings. The summed E-state index contributed by atoms with van der Waals surface area (Å²) in [5.41, 5.74) is 2.21. The lowest BCUT2D eigenvalue weighted by Crippen LogP contribution is -2.15. The zero-order valence-corrected chi connectivity index (χ0v) is 16.4. The molecule has 26 heavy (non-hydrogen) atoms. The Kier molecular flexibility index (Phi) is 5.67. The Balaban J connectivity index is 1.66. The minimum Gasteiger partial charge on any atom is -0.300 e. The van der Waals surface area contributed by atoms with Gasteiger partial charge in [-0.05, 0) is 24.5 Å². The van der Waals surface area contributed by atoms with Gasteiger partial charge in [0, 0.05) is 24.4 Å². The lowest BCUT2D eigenvalue weighted by Gasteiger charge is -2.04. The maximum atomic E-state index is 12.2. The highest BCUT2D eigenvalue weighted by Crippen LogP contribution is 2.27. The molecule has 0 fully saturated rings. The minimum absolute atomic E-state index is 0.0628. The van der Waals surface area contributed by atoms with Crippen molar-refractivity contribution in [2.24, 2.45) is 5.92 Å². The molecule has 0 saturated heterocycles. The van der Waals surface area contributed by atoms with Gasteiger partial charge >= 0.3 is 0 Å². The van der Waals surface area contributed by atoms with Crippen LogP contribution in [0.4, 0.5) is 5.13 Å². The van der Waals surface area contributed by atoms with Crippen molar-refractivity contribution < 1.29 is 4.79 Å². The number of nitrogens with one attached hydrogen (secondary N) is 1. The molecule has 0 saturated carbocycles. The lowest BCUT2D eigenvalue weighted by atomic mass is 10.1. The fourth-order valence-corrected chi connectivity index (χ4v) is 3.99. The molecule has 0 atom stereocenters. The Bertz CT molecular complexity index is 996. The van der Waals surface area contributed by atoms with Crippen molar-refractivity contribution in [1.82, 2.24) is 19.6 Å². The predicted octanol–water partition coefficient (Wildman–Crippen LogP) is 3.13. The number of hydrogen-bond acceptors (Lipinski definition) is 7. The second-order valence-electron chi connectivity index (χ2n) is 6.33. The minimum atomic E-state index is -0.104. The molecule has 9 heteroatoms. The third-order valence-corrected chi connectivity index (χ3v) is 5.46. The van der Waals surface area contributed by atoms with E-state index in [9.17, 15) is 9.59 Å². The summed E-state index contributed by atoms with van der Waals surface area (Å²) in [6, 6.07) is 5.29. The SMILES string of the molecule is Cc1ccc2nc(CSc3nnc(NC(=O)CC(C)C)s3)cc(=O)n2c1. The van der Waals surface area contributed by atoms with E-state index in [2.05, 4.69) is 20.5 Å². The highest BCUT2D eigenvalue weighted by molar-refractivity contribution is 8.00. The largest absolute Gasteiger partial charge is 0.300 e.